The van der Waals surface area contributed by atoms with Gasteiger partial charge in [0.2, 0.25) is 0 Å². The van der Waals surface area contributed by atoms with Gasteiger partial charge < -0.3 is 4.74 Å². The molecule has 0 aliphatic heterocycles. The maximum Gasteiger partial charge on any atom is 0.0478 e. The van der Waals surface area contributed by atoms with Crippen LogP contribution in [-0.2, 0) is 4.74 Å². The van der Waals surface area contributed by atoms with Crippen LogP contribution < -0.4 is 0 Å². The van der Waals surface area contributed by atoms with Crippen LogP contribution in [0.4, 0.5) is 0 Å². The van der Waals surface area contributed by atoms with E-state index >= 15 is 0 Å². The number of hydrogen-bond acceptors (Lipinski definition) is 2. The SMILES string of the molecule is CCOCCCN(CCBr)C(CC)CC. The molecular formula is C12H26BrNO. The van der Waals surface area contributed by atoms with E-state index < -0.39 is 0 Å². The topological polar surface area (TPSA) is 12.5 Å². The first-order chi connectivity index (χ1) is 7.29. The Labute approximate surface area is 103 Å². The van der Waals surface area contributed by atoms with E-state index in [9.17, 15) is 0 Å². The van der Waals surface area contributed by atoms with E-state index in [1.807, 2.05) is 0 Å². The van der Waals surface area contributed by atoms with Crippen molar-refractivity contribution < 1.29 is 4.74 Å². The Bertz CT molecular complexity index is 129. The van der Waals surface area contributed by atoms with E-state index in [2.05, 4.69) is 41.6 Å². The van der Waals surface area contributed by atoms with Crippen molar-refractivity contribution in [3.8, 4) is 0 Å². The molecule has 0 rings (SSSR count). The largest absolute Gasteiger partial charge is 0.382 e. The molecule has 0 fully saturated rings. The second-order valence-electron chi connectivity index (χ2n) is 3.75. The minimum absolute atomic E-state index is 0.740. The number of alkyl halides is 1. The first kappa shape index (κ1) is 15.4. The number of rotatable bonds is 10. The highest BCUT2D eigenvalue weighted by atomic mass is 79.9. The molecule has 0 radical (unpaired) electrons. The Morgan fingerprint density at radius 2 is 1.80 bits per heavy atom. The van der Waals surface area contributed by atoms with Gasteiger partial charge in [0.25, 0.3) is 0 Å². The number of halogens is 1. The van der Waals surface area contributed by atoms with Gasteiger partial charge in [-0.15, -0.1) is 0 Å². The fourth-order valence-electron chi connectivity index (χ4n) is 1.90. The molecular weight excluding hydrogens is 254 g/mol. The molecule has 92 valence electrons. The fraction of sp³-hybridized carbons (Fsp3) is 1.00. The normalized spacial score (nSPS) is 11.6. The highest BCUT2D eigenvalue weighted by molar-refractivity contribution is 9.09. The zero-order valence-electron chi connectivity index (χ0n) is 10.5. The third kappa shape index (κ3) is 7.31. The van der Waals surface area contributed by atoms with E-state index in [0.717, 1.165) is 44.1 Å². The van der Waals surface area contributed by atoms with Crippen molar-refractivity contribution >= 4 is 15.9 Å². The molecule has 0 unspecified atom stereocenters. The summed E-state index contributed by atoms with van der Waals surface area (Å²) in [5.74, 6) is 0. The van der Waals surface area contributed by atoms with Gasteiger partial charge in [0.15, 0.2) is 0 Å². The Hall–Kier alpha value is 0.400. The molecule has 3 heteroatoms. The third-order valence-corrected chi connectivity index (χ3v) is 3.12. The molecule has 0 N–H and O–H groups in total. The van der Waals surface area contributed by atoms with E-state index in [4.69, 9.17) is 4.74 Å². The molecule has 0 aromatic rings. The molecule has 0 heterocycles. The Balaban J connectivity index is 3.80. The van der Waals surface area contributed by atoms with Crippen LogP contribution in [-0.4, -0.2) is 42.6 Å². The number of hydrogen-bond donors (Lipinski definition) is 0. The summed E-state index contributed by atoms with van der Waals surface area (Å²) in [6, 6.07) is 0.740. The summed E-state index contributed by atoms with van der Waals surface area (Å²) in [5.41, 5.74) is 0. The van der Waals surface area contributed by atoms with Crippen molar-refractivity contribution in [2.45, 2.75) is 46.1 Å². The molecule has 0 aromatic carbocycles. The maximum absolute atomic E-state index is 5.37. The van der Waals surface area contributed by atoms with Crippen molar-refractivity contribution in [2.24, 2.45) is 0 Å². The summed E-state index contributed by atoms with van der Waals surface area (Å²) >= 11 is 3.53. The molecule has 15 heavy (non-hydrogen) atoms. The highest BCUT2D eigenvalue weighted by Gasteiger charge is 2.13. The molecule has 0 atom stereocenters. The number of nitrogens with zero attached hydrogens (tertiary/aromatic N) is 1. The molecule has 0 saturated carbocycles. The van der Waals surface area contributed by atoms with Gasteiger partial charge in [0.1, 0.15) is 0 Å². The van der Waals surface area contributed by atoms with Crippen LogP contribution in [0.25, 0.3) is 0 Å². The average molecular weight is 280 g/mol. The first-order valence-electron chi connectivity index (χ1n) is 6.17. The van der Waals surface area contributed by atoms with Gasteiger partial charge in [-0.2, -0.15) is 0 Å². The Morgan fingerprint density at radius 3 is 2.27 bits per heavy atom. The summed E-state index contributed by atoms with van der Waals surface area (Å²) < 4.78 is 5.37. The summed E-state index contributed by atoms with van der Waals surface area (Å²) in [6.45, 7) is 10.7. The molecule has 0 spiro atoms. The van der Waals surface area contributed by atoms with Gasteiger partial charge in [-0.25, -0.2) is 0 Å². The predicted octanol–water partition coefficient (Wildman–Crippen LogP) is 3.30. The van der Waals surface area contributed by atoms with Crippen molar-refractivity contribution in [2.75, 3.05) is 31.6 Å². The van der Waals surface area contributed by atoms with E-state index in [0.29, 0.717) is 0 Å². The molecule has 0 amide bonds. The van der Waals surface area contributed by atoms with Crippen molar-refractivity contribution in [3.05, 3.63) is 0 Å². The highest BCUT2D eigenvalue weighted by Crippen LogP contribution is 2.09. The van der Waals surface area contributed by atoms with E-state index in [1.54, 1.807) is 0 Å². The van der Waals surface area contributed by atoms with Crippen LogP contribution in [0.5, 0.6) is 0 Å². The lowest BCUT2D eigenvalue weighted by atomic mass is 10.1. The van der Waals surface area contributed by atoms with E-state index in [-0.39, 0.29) is 0 Å². The van der Waals surface area contributed by atoms with Crippen molar-refractivity contribution in [1.29, 1.82) is 0 Å². The molecule has 2 nitrogen and oxygen atoms in total. The summed E-state index contributed by atoms with van der Waals surface area (Å²) in [4.78, 5) is 2.58. The molecule has 0 aromatic heterocycles. The molecule has 0 aliphatic carbocycles. The van der Waals surface area contributed by atoms with Crippen LogP contribution in [0.1, 0.15) is 40.0 Å². The average Bonchev–Trinajstić information content (AvgIpc) is 2.26. The third-order valence-electron chi connectivity index (χ3n) is 2.77. The van der Waals surface area contributed by atoms with Crippen molar-refractivity contribution in [3.63, 3.8) is 0 Å². The van der Waals surface area contributed by atoms with Gasteiger partial charge in [0.05, 0.1) is 0 Å². The fourth-order valence-corrected chi connectivity index (χ4v) is 2.36. The minimum Gasteiger partial charge on any atom is -0.382 e. The first-order valence-corrected chi connectivity index (χ1v) is 7.29. The zero-order chi connectivity index (χ0) is 11.5. The second-order valence-corrected chi connectivity index (χ2v) is 4.54. The van der Waals surface area contributed by atoms with Crippen LogP contribution in [0.2, 0.25) is 0 Å². The maximum atomic E-state index is 5.37. The Kier molecular flexibility index (Phi) is 11.2. The van der Waals surface area contributed by atoms with Crippen LogP contribution in [0.15, 0.2) is 0 Å². The lowest BCUT2D eigenvalue weighted by Gasteiger charge is -2.29. The second kappa shape index (κ2) is 10.9. The number of ether oxygens (including phenoxy) is 1. The molecule has 0 saturated heterocycles. The van der Waals surface area contributed by atoms with Gasteiger partial charge in [-0.3, -0.25) is 4.90 Å². The summed E-state index contributed by atoms with van der Waals surface area (Å²) in [7, 11) is 0. The van der Waals surface area contributed by atoms with E-state index in [1.165, 1.54) is 12.8 Å². The van der Waals surface area contributed by atoms with Crippen LogP contribution in [0.3, 0.4) is 0 Å². The zero-order valence-corrected chi connectivity index (χ0v) is 12.1. The van der Waals surface area contributed by atoms with Gasteiger partial charge >= 0.3 is 0 Å². The Morgan fingerprint density at radius 1 is 1.13 bits per heavy atom. The standard InChI is InChI=1S/C12H26BrNO/c1-4-12(5-2)14(10-8-13)9-7-11-15-6-3/h12H,4-11H2,1-3H3. The molecule has 0 aliphatic rings. The van der Waals surface area contributed by atoms with Gasteiger partial charge in [0, 0.05) is 37.7 Å². The lowest BCUT2D eigenvalue weighted by molar-refractivity contribution is 0.121. The molecule has 0 bridgehead atoms. The smallest absolute Gasteiger partial charge is 0.0478 e. The minimum atomic E-state index is 0.740. The summed E-state index contributed by atoms with van der Waals surface area (Å²) in [6.07, 6.45) is 3.65. The van der Waals surface area contributed by atoms with Gasteiger partial charge in [-0.05, 0) is 26.2 Å². The summed E-state index contributed by atoms with van der Waals surface area (Å²) in [5, 5.41) is 1.07. The van der Waals surface area contributed by atoms with Gasteiger partial charge in [-0.1, -0.05) is 29.8 Å². The lowest BCUT2D eigenvalue weighted by Crippen LogP contribution is -2.37. The monoisotopic (exact) mass is 279 g/mol. The quantitative estimate of drug-likeness (QED) is 0.450. The van der Waals surface area contributed by atoms with Crippen molar-refractivity contribution in [1.82, 2.24) is 4.90 Å². The predicted molar refractivity (Wildman–Crippen MR) is 70.8 cm³/mol. The van der Waals surface area contributed by atoms with Crippen LogP contribution in [0, 0.1) is 0 Å². The van der Waals surface area contributed by atoms with Crippen LogP contribution >= 0.6 is 15.9 Å².